The van der Waals surface area contributed by atoms with Crippen molar-refractivity contribution in [2.24, 2.45) is 0 Å². The van der Waals surface area contributed by atoms with E-state index < -0.39 is 27.7 Å². The molecule has 3 aromatic rings. The van der Waals surface area contributed by atoms with Crippen molar-refractivity contribution >= 4 is 51.0 Å². The molecule has 5 rings (SSSR count). The van der Waals surface area contributed by atoms with E-state index in [2.05, 4.69) is 30.8 Å². The SMILES string of the molecule is Cc1ccc(NC(=O)Nc2ccc(CN3C(C)(C)C(=O)NS3(=O)=O)cc2)cc1Nc1nccc(N2CCOCC2)n1. The van der Waals surface area contributed by atoms with Gasteiger partial charge in [-0.15, -0.1) is 0 Å². The fourth-order valence-corrected chi connectivity index (χ4v) is 6.08. The average molecular weight is 581 g/mol. The van der Waals surface area contributed by atoms with Crippen molar-refractivity contribution in [2.45, 2.75) is 32.9 Å². The number of carbonyl (C=O) groups is 2. The van der Waals surface area contributed by atoms with Gasteiger partial charge in [-0.2, -0.15) is 17.7 Å². The molecule has 0 atom stereocenters. The Labute approximate surface area is 238 Å². The van der Waals surface area contributed by atoms with Gasteiger partial charge in [0.1, 0.15) is 11.4 Å². The first-order chi connectivity index (χ1) is 19.5. The van der Waals surface area contributed by atoms with Gasteiger partial charge < -0.3 is 25.6 Å². The van der Waals surface area contributed by atoms with Gasteiger partial charge in [0.25, 0.3) is 5.91 Å². The predicted molar refractivity (Wildman–Crippen MR) is 155 cm³/mol. The second-order valence-electron chi connectivity index (χ2n) is 10.3. The molecule has 1 aromatic heterocycles. The van der Waals surface area contributed by atoms with E-state index >= 15 is 0 Å². The lowest BCUT2D eigenvalue weighted by atomic mass is 10.0. The number of urea groups is 1. The van der Waals surface area contributed by atoms with Crippen molar-refractivity contribution in [3.63, 3.8) is 0 Å². The molecule has 216 valence electrons. The molecule has 3 heterocycles. The lowest BCUT2D eigenvalue weighted by molar-refractivity contribution is -0.125. The summed E-state index contributed by atoms with van der Waals surface area (Å²) >= 11 is 0. The minimum Gasteiger partial charge on any atom is -0.378 e. The zero-order chi connectivity index (χ0) is 29.2. The number of anilines is 5. The van der Waals surface area contributed by atoms with Gasteiger partial charge in [0.2, 0.25) is 5.95 Å². The zero-order valence-corrected chi connectivity index (χ0v) is 23.8. The van der Waals surface area contributed by atoms with Crippen LogP contribution in [0.2, 0.25) is 0 Å². The topological polar surface area (TPSA) is 158 Å². The predicted octanol–water partition coefficient (Wildman–Crippen LogP) is 2.96. The van der Waals surface area contributed by atoms with E-state index in [0.717, 1.165) is 34.5 Å². The average Bonchev–Trinajstić information content (AvgIpc) is 3.09. The first-order valence-corrected chi connectivity index (χ1v) is 14.5. The molecule has 4 N–H and O–H groups in total. The van der Waals surface area contributed by atoms with Gasteiger partial charge in [-0.1, -0.05) is 18.2 Å². The van der Waals surface area contributed by atoms with Crippen LogP contribution in [0.5, 0.6) is 0 Å². The van der Waals surface area contributed by atoms with Gasteiger partial charge >= 0.3 is 16.2 Å². The van der Waals surface area contributed by atoms with Crippen LogP contribution in [0.4, 0.5) is 33.6 Å². The van der Waals surface area contributed by atoms with Crippen LogP contribution in [-0.2, 0) is 26.3 Å². The van der Waals surface area contributed by atoms with Crippen molar-refractivity contribution in [3.05, 3.63) is 65.9 Å². The Morgan fingerprint density at radius 3 is 2.41 bits per heavy atom. The van der Waals surface area contributed by atoms with Crippen LogP contribution in [0.25, 0.3) is 0 Å². The van der Waals surface area contributed by atoms with E-state index in [4.69, 9.17) is 4.74 Å². The number of nitrogens with one attached hydrogen (secondary N) is 4. The number of morpholine rings is 1. The molecular weight excluding hydrogens is 548 g/mol. The number of rotatable bonds is 7. The standard InChI is InChI=1S/C27H32N8O5S/c1-18-4-7-21(16-22(18)31-25-28-11-10-23(32-25)34-12-14-40-15-13-34)30-26(37)29-20-8-5-19(6-9-20)17-35-27(2,3)24(36)33-41(35,38)39/h4-11,16H,12-15,17H2,1-3H3,(H,33,36)(H,28,31,32)(H2,29,30,37). The molecule has 2 aromatic carbocycles. The first-order valence-electron chi connectivity index (χ1n) is 13.1. The van der Waals surface area contributed by atoms with Crippen LogP contribution in [0.3, 0.4) is 0 Å². The number of carbonyl (C=O) groups excluding carboxylic acids is 2. The molecule has 0 unspecified atom stereocenters. The number of aryl methyl sites for hydroxylation is 1. The summed E-state index contributed by atoms with van der Waals surface area (Å²) in [7, 11) is -3.91. The summed E-state index contributed by atoms with van der Waals surface area (Å²) in [4.78, 5) is 35.9. The molecule has 2 fully saturated rings. The van der Waals surface area contributed by atoms with E-state index in [1.807, 2.05) is 23.8 Å². The Morgan fingerprint density at radius 1 is 1.05 bits per heavy atom. The van der Waals surface area contributed by atoms with Crippen molar-refractivity contribution in [1.82, 2.24) is 19.0 Å². The molecule has 0 saturated carbocycles. The monoisotopic (exact) mass is 580 g/mol. The zero-order valence-electron chi connectivity index (χ0n) is 23.0. The second kappa shape index (κ2) is 11.3. The molecule has 0 aliphatic carbocycles. The van der Waals surface area contributed by atoms with Crippen molar-refractivity contribution in [1.29, 1.82) is 0 Å². The fraction of sp³-hybridized carbons (Fsp3) is 0.333. The molecule has 2 aliphatic heterocycles. The van der Waals surface area contributed by atoms with Gasteiger partial charge in [0.05, 0.1) is 13.2 Å². The van der Waals surface area contributed by atoms with Crippen LogP contribution in [0, 0.1) is 6.92 Å². The highest BCUT2D eigenvalue weighted by Crippen LogP contribution is 2.28. The molecule has 2 aliphatic rings. The van der Waals surface area contributed by atoms with E-state index in [9.17, 15) is 18.0 Å². The summed E-state index contributed by atoms with van der Waals surface area (Å²) in [5.41, 5.74) is 2.25. The van der Waals surface area contributed by atoms with Crippen LogP contribution in [-0.4, -0.2) is 66.5 Å². The number of aromatic nitrogens is 2. The van der Waals surface area contributed by atoms with Gasteiger partial charge in [0.15, 0.2) is 0 Å². The Morgan fingerprint density at radius 2 is 1.73 bits per heavy atom. The molecular formula is C27H32N8O5S. The number of hydrogen-bond acceptors (Lipinski definition) is 9. The smallest absolute Gasteiger partial charge is 0.323 e. The maximum Gasteiger partial charge on any atom is 0.323 e. The lowest BCUT2D eigenvalue weighted by Gasteiger charge is -2.27. The van der Waals surface area contributed by atoms with Crippen LogP contribution >= 0.6 is 0 Å². The van der Waals surface area contributed by atoms with Gasteiger partial charge in [0, 0.05) is 42.9 Å². The molecule has 0 bridgehead atoms. The van der Waals surface area contributed by atoms with Gasteiger partial charge in [-0.25, -0.2) is 14.5 Å². The van der Waals surface area contributed by atoms with Gasteiger partial charge in [-0.3, -0.25) is 4.79 Å². The maximum atomic E-state index is 12.7. The van der Waals surface area contributed by atoms with Crippen LogP contribution in [0.1, 0.15) is 25.0 Å². The number of amides is 3. The molecule has 2 saturated heterocycles. The number of hydrogen-bond donors (Lipinski definition) is 4. The molecule has 14 heteroatoms. The molecule has 41 heavy (non-hydrogen) atoms. The van der Waals surface area contributed by atoms with E-state index in [1.165, 1.54) is 0 Å². The van der Waals surface area contributed by atoms with Crippen molar-refractivity contribution in [2.75, 3.05) is 47.2 Å². The summed E-state index contributed by atoms with van der Waals surface area (Å²) in [6.45, 7) is 7.91. The van der Waals surface area contributed by atoms with E-state index in [-0.39, 0.29) is 6.54 Å². The normalized spacial score (nSPS) is 18.0. The summed E-state index contributed by atoms with van der Waals surface area (Å²) in [5.74, 6) is 0.694. The quantitative estimate of drug-likeness (QED) is 0.330. The highest BCUT2D eigenvalue weighted by Gasteiger charge is 2.50. The largest absolute Gasteiger partial charge is 0.378 e. The number of benzene rings is 2. The fourth-order valence-electron chi connectivity index (χ4n) is 4.48. The summed E-state index contributed by atoms with van der Waals surface area (Å²) in [6.07, 6.45) is 1.71. The summed E-state index contributed by atoms with van der Waals surface area (Å²) < 4.78 is 33.2. The summed E-state index contributed by atoms with van der Waals surface area (Å²) in [5, 5.41) is 8.83. The molecule has 3 amide bonds. The Balaban J connectivity index is 1.20. The van der Waals surface area contributed by atoms with E-state index in [0.29, 0.717) is 36.1 Å². The first kappa shape index (κ1) is 28.3. The third-order valence-corrected chi connectivity index (χ3v) is 8.56. The Hall–Kier alpha value is -4.27. The third-order valence-electron chi connectivity index (χ3n) is 6.95. The highest BCUT2D eigenvalue weighted by atomic mass is 32.2. The minimum atomic E-state index is -3.91. The van der Waals surface area contributed by atoms with Crippen molar-refractivity contribution < 1.29 is 22.7 Å². The van der Waals surface area contributed by atoms with Gasteiger partial charge in [-0.05, 0) is 62.2 Å². The maximum absolute atomic E-state index is 12.7. The number of nitrogens with zero attached hydrogens (tertiary/aromatic N) is 4. The Kier molecular flexibility index (Phi) is 7.80. The van der Waals surface area contributed by atoms with Crippen LogP contribution < -0.4 is 25.6 Å². The molecule has 0 radical (unpaired) electrons. The highest BCUT2D eigenvalue weighted by molar-refractivity contribution is 7.88. The van der Waals surface area contributed by atoms with Crippen LogP contribution in [0.15, 0.2) is 54.7 Å². The lowest BCUT2D eigenvalue weighted by Crippen LogP contribution is -2.43. The van der Waals surface area contributed by atoms with Crippen molar-refractivity contribution in [3.8, 4) is 0 Å². The second-order valence-corrected chi connectivity index (χ2v) is 11.9. The van der Waals surface area contributed by atoms with E-state index in [1.54, 1.807) is 56.4 Å². The summed E-state index contributed by atoms with van der Waals surface area (Å²) in [6, 6.07) is 13.6. The third kappa shape index (κ3) is 6.39. The molecule has 0 spiro atoms. The number of ether oxygens (including phenoxy) is 1. The Bertz CT molecular complexity index is 1560. The minimum absolute atomic E-state index is 0.0127. The molecule has 13 nitrogen and oxygen atoms in total.